The Labute approximate surface area is 132 Å². The minimum absolute atomic E-state index is 0.00487. The van der Waals surface area contributed by atoms with E-state index in [-0.39, 0.29) is 12.1 Å². The van der Waals surface area contributed by atoms with Gasteiger partial charge in [-0.25, -0.2) is 9.29 Å². The van der Waals surface area contributed by atoms with E-state index in [0.29, 0.717) is 25.9 Å². The van der Waals surface area contributed by atoms with Crippen molar-refractivity contribution in [2.24, 2.45) is 5.92 Å². The molecule has 2 heterocycles. The second-order valence-corrected chi connectivity index (χ2v) is 5.89. The number of carbonyl (C=O) groups is 3. The molecule has 3 rings (SSSR count). The Kier molecular flexibility index (Phi) is 4.12. The molecule has 6 nitrogen and oxygen atoms in total. The molecular weight excluding hydrogens is 303 g/mol. The van der Waals surface area contributed by atoms with Crippen LogP contribution in [-0.2, 0) is 14.4 Å². The summed E-state index contributed by atoms with van der Waals surface area (Å²) >= 11 is 0. The highest BCUT2D eigenvalue weighted by Crippen LogP contribution is 2.29. The quantitative estimate of drug-likeness (QED) is 0.848. The first-order valence-corrected chi connectivity index (χ1v) is 7.57. The van der Waals surface area contributed by atoms with Crippen LogP contribution in [0.2, 0.25) is 0 Å². The van der Waals surface area contributed by atoms with E-state index in [1.807, 2.05) is 4.90 Å². The molecule has 0 aliphatic carbocycles. The van der Waals surface area contributed by atoms with Gasteiger partial charge < -0.3 is 5.11 Å². The lowest BCUT2D eigenvalue weighted by Crippen LogP contribution is -2.46. The number of carboxylic acid groups (broad SMARTS) is 1. The molecule has 7 heteroatoms. The molecule has 2 aliphatic heterocycles. The van der Waals surface area contributed by atoms with Crippen LogP contribution in [0.5, 0.6) is 0 Å². The molecule has 122 valence electrons. The summed E-state index contributed by atoms with van der Waals surface area (Å²) in [6.45, 7) is 0.900. The smallest absolute Gasteiger partial charge is 0.306 e. The molecule has 1 aromatic rings. The molecule has 0 saturated carbocycles. The normalized spacial score (nSPS) is 23.5. The molecular formula is C16H17FN2O4. The van der Waals surface area contributed by atoms with Gasteiger partial charge in [-0.2, -0.15) is 0 Å². The fraction of sp³-hybridized carbons (Fsp3) is 0.438. The van der Waals surface area contributed by atoms with Crippen molar-refractivity contribution in [2.45, 2.75) is 25.3 Å². The second kappa shape index (κ2) is 6.08. The average molecular weight is 320 g/mol. The summed E-state index contributed by atoms with van der Waals surface area (Å²) in [5.74, 6) is -2.70. The summed E-state index contributed by atoms with van der Waals surface area (Å²) in [4.78, 5) is 38.5. The molecule has 0 spiro atoms. The summed E-state index contributed by atoms with van der Waals surface area (Å²) < 4.78 is 13.9. The average Bonchev–Trinajstić information content (AvgIpc) is 2.83. The van der Waals surface area contributed by atoms with E-state index in [9.17, 15) is 18.8 Å². The lowest BCUT2D eigenvalue weighted by atomic mass is 9.96. The first-order chi connectivity index (χ1) is 11.0. The number of imide groups is 1. The van der Waals surface area contributed by atoms with E-state index >= 15 is 0 Å². The number of nitrogens with zero attached hydrogens (tertiary/aromatic N) is 2. The number of carboxylic acids is 1. The molecule has 2 fully saturated rings. The Bertz CT molecular complexity index is 655. The van der Waals surface area contributed by atoms with Gasteiger partial charge in [-0.05, 0) is 38.1 Å². The van der Waals surface area contributed by atoms with Gasteiger partial charge in [0.2, 0.25) is 5.91 Å². The lowest BCUT2D eigenvalue weighted by Gasteiger charge is -2.33. The number of likely N-dealkylation sites (tertiary alicyclic amines) is 1. The molecule has 2 aliphatic rings. The number of para-hydroxylation sites is 1. The van der Waals surface area contributed by atoms with E-state index in [2.05, 4.69) is 0 Å². The van der Waals surface area contributed by atoms with Crippen molar-refractivity contribution in [1.29, 1.82) is 0 Å². The molecule has 2 amide bonds. The molecule has 1 aromatic carbocycles. The van der Waals surface area contributed by atoms with Crippen molar-refractivity contribution in [3.8, 4) is 0 Å². The molecule has 23 heavy (non-hydrogen) atoms. The Morgan fingerprint density at radius 2 is 1.83 bits per heavy atom. The molecule has 0 bridgehead atoms. The highest BCUT2D eigenvalue weighted by molar-refractivity contribution is 6.22. The van der Waals surface area contributed by atoms with Crippen molar-refractivity contribution in [1.82, 2.24) is 4.90 Å². The Morgan fingerprint density at radius 3 is 2.43 bits per heavy atom. The molecule has 2 saturated heterocycles. The van der Waals surface area contributed by atoms with Gasteiger partial charge in [-0.15, -0.1) is 0 Å². The number of hydrogen-bond acceptors (Lipinski definition) is 4. The minimum Gasteiger partial charge on any atom is -0.481 e. The Morgan fingerprint density at radius 1 is 1.17 bits per heavy atom. The molecule has 0 radical (unpaired) electrons. The van der Waals surface area contributed by atoms with Crippen LogP contribution < -0.4 is 4.90 Å². The van der Waals surface area contributed by atoms with Crippen molar-refractivity contribution >= 4 is 23.5 Å². The van der Waals surface area contributed by atoms with Gasteiger partial charge in [-0.1, -0.05) is 12.1 Å². The summed E-state index contributed by atoms with van der Waals surface area (Å²) in [6.07, 6.45) is 0.908. The third kappa shape index (κ3) is 2.84. The standard InChI is InChI=1S/C16H17FN2O4/c17-11-3-1-2-4-12(11)19-14(20)9-13(15(19)21)18-7-5-10(6-8-18)16(22)23/h1-4,10,13H,5-9H2,(H,22,23). The number of anilines is 1. The maximum Gasteiger partial charge on any atom is 0.306 e. The highest BCUT2D eigenvalue weighted by Gasteiger charge is 2.44. The maximum absolute atomic E-state index is 13.9. The summed E-state index contributed by atoms with van der Waals surface area (Å²) in [7, 11) is 0. The zero-order valence-electron chi connectivity index (χ0n) is 12.4. The van der Waals surface area contributed by atoms with E-state index in [4.69, 9.17) is 5.11 Å². The van der Waals surface area contributed by atoms with E-state index < -0.39 is 35.6 Å². The molecule has 1 N–H and O–H groups in total. The number of carbonyl (C=O) groups excluding carboxylic acids is 2. The second-order valence-electron chi connectivity index (χ2n) is 5.89. The SMILES string of the molecule is O=C(O)C1CCN(C2CC(=O)N(c3ccccc3F)C2=O)CC1. The van der Waals surface area contributed by atoms with Crippen LogP contribution >= 0.6 is 0 Å². The van der Waals surface area contributed by atoms with E-state index in [0.717, 1.165) is 4.90 Å². The lowest BCUT2D eigenvalue weighted by molar-refractivity contribution is -0.143. The zero-order chi connectivity index (χ0) is 16.6. The Hall–Kier alpha value is -2.28. The number of rotatable bonds is 3. The number of benzene rings is 1. The van der Waals surface area contributed by atoms with Crippen molar-refractivity contribution in [3.63, 3.8) is 0 Å². The highest BCUT2D eigenvalue weighted by atomic mass is 19.1. The fourth-order valence-corrected chi connectivity index (χ4v) is 3.25. The number of piperidine rings is 1. The van der Waals surface area contributed by atoms with Crippen LogP contribution in [0, 0.1) is 11.7 Å². The van der Waals surface area contributed by atoms with Crippen LogP contribution in [0.1, 0.15) is 19.3 Å². The van der Waals surface area contributed by atoms with Crippen LogP contribution in [0.4, 0.5) is 10.1 Å². The monoisotopic (exact) mass is 320 g/mol. The van der Waals surface area contributed by atoms with Crippen LogP contribution in [0.15, 0.2) is 24.3 Å². The third-order valence-electron chi connectivity index (χ3n) is 4.54. The fourth-order valence-electron chi connectivity index (χ4n) is 3.25. The van der Waals surface area contributed by atoms with Crippen LogP contribution in [-0.4, -0.2) is 46.9 Å². The number of hydrogen-bond donors (Lipinski definition) is 1. The number of aliphatic carboxylic acids is 1. The summed E-state index contributed by atoms with van der Waals surface area (Å²) in [5.41, 5.74) is -0.0228. The maximum atomic E-state index is 13.9. The minimum atomic E-state index is -0.827. The van der Waals surface area contributed by atoms with E-state index in [1.165, 1.54) is 18.2 Å². The molecule has 1 atom stereocenters. The first kappa shape index (κ1) is 15.6. The van der Waals surface area contributed by atoms with Gasteiger partial charge in [0, 0.05) is 0 Å². The van der Waals surface area contributed by atoms with Gasteiger partial charge in [0.1, 0.15) is 5.82 Å². The molecule has 0 aromatic heterocycles. The predicted octanol–water partition coefficient (Wildman–Crippen LogP) is 1.25. The van der Waals surface area contributed by atoms with Crippen molar-refractivity contribution in [2.75, 3.05) is 18.0 Å². The van der Waals surface area contributed by atoms with Gasteiger partial charge in [-0.3, -0.25) is 19.3 Å². The van der Waals surface area contributed by atoms with Crippen molar-refractivity contribution < 1.29 is 23.9 Å². The van der Waals surface area contributed by atoms with E-state index in [1.54, 1.807) is 6.07 Å². The van der Waals surface area contributed by atoms with Gasteiger partial charge in [0.25, 0.3) is 5.91 Å². The van der Waals surface area contributed by atoms with Gasteiger partial charge >= 0.3 is 5.97 Å². The first-order valence-electron chi connectivity index (χ1n) is 7.57. The predicted molar refractivity (Wildman–Crippen MR) is 79.2 cm³/mol. The van der Waals surface area contributed by atoms with Crippen molar-refractivity contribution in [3.05, 3.63) is 30.1 Å². The summed E-state index contributed by atoms with van der Waals surface area (Å²) in [5, 5.41) is 9.02. The summed E-state index contributed by atoms with van der Waals surface area (Å²) in [6, 6.07) is 5.06. The number of halogens is 1. The van der Waals surface area contributed by atoms with Crippen LogP contribution in [0.25, 0.3) is 0 Å². The Balaban J connectivity index is 1.75. The third-order valence-corrected chi connectivity index (χ3v) is 4.54. The zero-order valence-corrected chi connectivity index (χ0v) is 12.4. The van der Waals surface area contributed by atoms with Crippen LogP contribution in [0.3, 0.4) is 0 Å². The van der Waals surface area contributed by atoms with Gasteiger partial charge in [0.15, 0.2) is 0 Å². The number of amides is 2. The molecule has 1 unspecified atom stereocenters. The topological polar surface area (TPSA) is 77.9 Å². The van der Waals surface area contributed by atoms with Gasteiger partial charge in [0.05, 0.1) is 24.1 Å². The largest absolute Gasteiger partial charge is 0.481 e.